The average Bonchev–Trinajstić information content (AvgIpc) is 2.77. The van der Waals surface area contributed by atoms with Gasteiger partial charge in [0.25, 0.3) is 5.56 Å². The number of aromatic amines is 1. The van der Waals surface area contributed by atoms with Crippen LogP contribution in [0.15, 0.2) is 27.9 Å². The van der Waals surface area contributed by atoms with Crippen LogP contribution in [-0.2, 0) is 10.0 Å². The van der Waals surface area contributed by atoms with Gasteiger partial charge in [0.2, 0.25) is 10.0 Å². The predicted octanol–water partition coefficient (Wildman–Crippen LogP) is 2.80. The van der Waals surface area contributed by atoms with Crippen molar-refractivity contribution in [2.75, 3.05) is 39.8 Å². The van der Waals surface area contributed by atoms with E-state index in [2.05, 4.69) is 14.9 Å². The van der Waals surface area contributed by atoms with Crippen molar-refractivity contribution in [2.45, 2.75) is 45.9 Å². The Balaban J connectivity index is 0.00000166. The summed E-state index contributed by atoms with van der Waals surface area (Å²) in [6, 6.07) is 4.75. The number of nitrogens with zero attached hydrogens (tertiary/aromatic N) is 3. The second-order valence-corrected chi connectivity index (χ2v) is 9.28. The lowest BCUT2D eigenvalue weighted by atomic mass is 10.1. The fourth-order valence-corrected chi connectivity index (χ4v) is 4.59. The molecular weight excluding hydrogens is 416 g/mol. The van der Waals surface area contributed by atoms with Crippen LogP contribution in [0.25, 0.3) is 11.4 Å². The van der Waals surface area contributed by atoms with E-state index < -0.39 is 10.0 Å². The SMILES string of the molecule is CC.CCCOc1ccc(S(=O)(=O)N2CCN(C)CC2)cc1-c1nc(C)c(C)c(=O)[nH]1. The highest BCUT2D eigenvalue weighted by atomic mass is 32.2. The van der Waals surface area contributed by atoms with E-state index in [9.17, 15) is 13.2 Å². The number of H-pyrrole nitrogens is 1. The van der Waals surface area contributed by atoms with E-state index in [4.69, 9.17) is 4.74 Å². The van der Waals surface area contributed by atoms with E-state index in [1.54, 1.807) is 32.0 Å². The third-order valence-electron chi connectivity index (χ3n) is 5.16. The molecule has 1 fully saturated rings. The Morgan fingerprint density at radius 2 is 1.77 bits per heavy atom. The van der Waals surface area contributed by atoms with Gasteiger partial charge in [-0.2, -0.15) is 4.31 Å². The zero-order chi connectivity index (χ0) is 23.2. The maximum atomic E-state index is 13.2. The summed E-state index contributed by atoms with van der Waals surface area (Å²) in [5.74, 6) is 0.801. The van der Waals surface area contributed by atoms with Gasteiger partial charge in [0.1, 0.15) is 11.6 Å². The first-order valence-electron chi connectivity index (χ1n) is 10.8. The van der Waals surface area contributed by atoms with Crippen LogP contribution in [0, 0.1) is 13.8 Å². The largest absolute Gasteiger partial charge is 0.493 e. The van der Waals surface area contributed by atoms with Crippen LogP contribution in [0.4, 0.5) is 0 Å². The van der Waals surface area contributed by atoms with Crippen LogP contribution in [0.3, 0.4) is 0 Å². The number of aromatic nitrogens is 2. The summed E-state index contributed by atoms with van der Waals surface area (Å²) in [7, 11) is -1.67. The second-order valence-electron chi connectivity index (χ2n) is 7.34. The van der Waals surface area contributed by atoms with Gasteiger partial charge in [-0.05, 0) is 45.5 Å². The Bertz CT molecular complexity index is 1040. The molecule has 0 radical (unpaired) electrons. The van der Waals surface area contributed by atoms with Gasteiger partial charge in [0.15, 0.2) is 0 Å². The maximum absolute atomic E-state index is 13.2. The predicted molar refractivity (Wildman–Crippen MR) is 123 cm³/mol. The van der Waals surface area contributed by atoms with Crippen molar-refractivity contribution in [3.63, 3.8) is 0 Å². The molecule has 0 spiro atoms. The molecule has 0 amide bonds. The molecule has 1 aliphatic rings. The van der Waals surface area contributed by atoms with Gasteiger partial charge < -0.3 is 14.6 Å². The minimum absolute atomic E-state index is 0.168. The number of hydrogen-bond donors (Lipinski definition) is 1. The Kier molecular flexibility index (Phi) is 8.79. The number of sulfonamides is 1. The van der Waals surface area contributed by atoms with Crippen LogP contribution in [0.2, 0.25) is 0 Å². The number of rotatable bonds is 6. The number of hydrogen-bond acceptors (Lipinski definition) is 6. The van der Waals surface area contributed by atoms with Gasteiger partial charge in [0, 0.05) is 37.4 Å². The molecule has 1 N–H and O–H groups in total. The van der Waals surface area contributed by atoms with Gasteiger partial charge in [0.05, 0.1) is 17.1 Å². The van der Waals surface area contributed by atoms with Crippen molar-refractivity contribution in [1.29, 1.82) is 0 Å². The highest BCUT2D eigenvalue weighted by Gasteiger charge is 2.28. The number of nitrogens with one attached hydrogen (secondary N) is 1. The Morgan fingerprint density at radius 3 is 2.35 bits per heavy atom. The first-order chi connectivity index (χ1) is 14.7. The number of likely N-dealkylation sites (N-methyl/N-ethyl adjacent to an activating group) is 1. The van der Waals surface area contributed by atoms with E-state index in [0.29, 0.717) is 61.2 Å². The molecule has 0 bridgehead atoms. The van der Waals surface area contributed by atoms with Crippen molar-refractivity contribution < 1.29 is 13.2 Å². The van der Waals surface area contributed by atoms with Crippen LogP contribution < -0.4 is 10.3 Å². The van der Waals surface area contributed by atoms with E-state index >= 15 is 0 Å². The van der Waals surface area contributed by atoms with Gasteiger partial charge in [-0.1, -0.05) is 20.8 Å². The molecule has 0 saturated carbocycles. The molecular formula is C22H34N4O4S. The van der Waals surface area contributed by atoms with Gasteiger partial charge in [-0.25, -0.2) is 13.4 Å². The number of benzene rings is 1. The number of aryl methyl sites for hydroxylation is 1. The average molecular weight is 451 g/mol. The molecule has 1 aliphatic heterocycles. The van der Waals surface area contributed by atoms with Crippen LogP contribution >= 0.6 is 0 Å². The van der Waals surface area contributed by atoms with E-state index in [-0.39, 0.29) is 10.5 Å². The minimum atomic E-state index is -3.65. The Labute approximate surface area is 185 Å². The van der Waals surface area contributed by atoms with E-state index in [0.717, 1.165) is 6.42 Å². The quantitative estimate of drug-likeness (QED) is 0.727. The molecule has 31 heavy (non-hydrogen) atoms. The fourth-order valence-electron chi connectivity index (χ4n) is 3.14. The molecule has 2 heterocycles. The molecule has 2 aromatic rings. The summed E-state index contributed by atoms with van der Waals surface area (Å²) in [5, 5.41) is 0. The van der Waals surface area contributed by atoms with Gasteiger partial charge >= 0.3 is 0 Å². The lowest BCUT2D eigenvalue weighted by Gasteiger charge is -2.31. The standard InChI is InChI=1S/C20H28N4O4S.C2H6/c1-5-12-28-18-7-6-16(29(26,27)24-10-8-23(4)9-11-24)13-17(18)19-21-15(3)14(2)20(25)22-19;1-2/h6-7,13H,5,8-12H2,1-4H3,(H,21,22,25);1-2H3. The molecule has 1 aromatic carbocycles. The molecule has 1 saturated heterocycles. The minimum Gasteiger partial charge on any atom is -0.493 e. The van der Waals surface area contributed by atoms with E-state index in [1.807, 2.05) is 27.8 Å². The van der Waals surface area contributed by atoms with Crippen LogP contribution in [0.5, 0.6) is 5.75 Å². The van der Waals surface area contributed by atoms with E-state index in [1.165, 1.54) is 4.31 Å². The van der Waals surface area contributed by atoms with Crippen molar-refractivity contribution in [1.82, 2.24) is 19.2 Å². The first-order valence-corrected chi connectivity index (χ1v) is 12.2. The topological polar surface area (TPSA) is 95.6 Å². The summed E-state index contributed by atoms with van der Waals surface area (Å²) >= 11 is 0. The Hall–Kier alpha value is -2.23. The van der Waals surface area contributed by atoms with Crippen LogP contribution in [-0.4, -0.2) is 67.4 Å². The molecule has 9 heteroatoms. The number of ether oxygens (including phenoxy) is 1. The lowest BCUT2D eigenvalue weighted by molar-refractivity contribution is 0.222. The summed E-state index contributed by atoms with van der Waals surface area (Å²) in [5.41, 5.74) is 1.35. The normalized spacial score (nSPS) is 15.3. The summed E-state index contributed by atoms with van der Waals surface area (Å²) in [6.45, 7) is 12.2. The van der Waals surface area contributed by atoms with Crippen molar-refractivity contribution in [3.05, 3.63) is 39.8 Å². The smallest absolute Gasteiger partial charge is 0.254 e. The van der Waals surface area contributed by atoms with Crippen molar-refractivity contribution >= 4 is 10.0 Å². The fraction of sp³-hybridized carbons (Fsp3) is 0.545. The zero-order valence-corrected chi connectivity index (χ0v) is 20.2. The molecule has 172 valence electrons. The molecule has 3 rings (SSSR count). The maximum Gasteiger partial charge on any atom is 0.254 e. The number of piperazine rings is 1. The zero-order valence-electron chi connectivity index (χ0n) is 19.4. The van der Waals surface area contributed by atoms with Crippen molar-refractivity contribution in [2.24, 2.45) is 0 Å². The monoisotopic (exact) mass is 450 g/mol. The van der Waals surface area contributed by atoms with Gasteiger partial charge in [-0.15, -0.1) is 0 Å². The highest BCUT2D eigenvalue weighted by Crippen LogP contribution is 2.31. The second kappa shape index (κ2) is 10.9. The van der Waals surface area contributed by atoms with Gasteiger partial charge in [-0.3, -0.25) is 4.79 Å². The molecule has 0 unspecified atom stereocenters. The first kappa shape index (κ1) is 25.0. The summed E-state index contributed by atoms with van der Waals surface area (Å²) in [6.07, 6.45) is 0.803. The third-order valence-corrected chi connectivity index (χ3v) is 7.06. The highest BCUT2D eigenvalue weighted by molar-refractivity contribution is 7.89. The van der Waals surface area contributed by atoms with Crippen molar-refractivity contribution in [3.8, 4) is 17.1 Å². The summed E-state index contributed by atoms with van der Waals surface area (Å²) < 4.78 is 33.6. The van der Waals surface area contributed by atoms with Crippen LogP contribution in [0.1, 0.15) is 38.4 Å². The summed E-state index contributed by atoms with van der Waals surface area (Å²) in [4.78, 5) is 21.7. The Morgan fingerprint density at radius 1 is 1.13 bits per heavy atom. The molecule has 8 nitrogen and oxygen atoms in total. The molecule has 0 aliphatic carbocycles. The molecule has 1 aromatic heterocycles. The third kappa shape index (κ3) is 5.72. The lowest BCUT2D eigenvalue weighted by Crippen LogP contribution is -2.47. The molecule has 0 atom stereocenters.